The Morgan fingerprint density at radius 1 is 1.25 bits per heavy atom. The number of halogens is 3. The molecule has 0 unspecified atom stereocenters. The van der Waals surface area contributed by atoms with E-state index in [1.165, 1.54) is 16.0 Å². The molecule has 0 spiro atoms. The second kappa shape index (κ2) is 4.09. The molecule has 0 aliphatic carbocycles. The first kappa shape index (κ1) is 11.5. The zero-order valence-electron chi connectivity index (χ0n) is 9.14. The summed E-state index contributed by atoms with van der Waals surface area (Å²) in [6.45, 7) is 2.10. The van der Waals surface area contributed by atoms with E-state index in [0.717, 1.165) is 5.56 Å². The Kier molecular flexibility index (Phi) is 2.93. The molecule has 1 aliphatic heterocycles. The fourth-order valence-corrected chi connectivity index (χ4v) is 2.13. The van der Waals surface area contributed by atoms with Crippen molar-refractivity contribution >= 4 is 0 Å². The van der Waals surface area contributed by atoms with Gasteiger partial charge in [-0.25, -0.2) is 0 Å². The van der Waals surface area contributed by atoms with E-state index < -0.39 is 12.7 Å². The van der Waals surface area contributed by atoms with E-state index in [0.29, 0.717) is 19.5 Å². The highest BCUT2D eigenvalue weighted by Crippen LogP contribution is 2.24. The summed E-state index contributed by atoms with van der Waals surface area (Å²) in [5.74, 6) is 0. The van der Waals surface area contributed by atoms with E-state index in [9.17, 15) is 13.2 Å². The van der Waals surface area contributed by atoms with Crippen molar-refractivity contribution in [2.24, 2.45) is 0 Å². The molecule has 4 heteroatoms. The van der Waals surface area contributed by atoms with Gasteiger partial charge in [-0.05, 0) is 24.5 Å². The third-order valence-electron chi connectivity index (χ3n) is 2.86. The van der Waals surface area contributed by atoms with Crippen LogP contribution in [0.2, 0.25) is 0 Å². The van der Waals surface area contributed by atoms with Crippen LogP contribution in [0.3, 0.4) is 0 Å². The summed E-state index contributed by atoms with van der Waals surface area (Å²) in [5, 5.41) is 0. The molecule has 88 valence electrons. The number of benzene rings is 1. The van der Waals surface area contributed by atoms with E-state index in [-0.39, 0.29) is 0 Å². The molecule has 0 N–H and O–H groups in total. The molecule has 0 bridgehead atoms. The summed E-state index contributed by atoms with van der Waals surface area (Å²) in [5.41, 5.74) is 3.39. The van der Waals surface area contributed by atoms with Gasteiger partial charge in [-0.1, -0.05) is 23.8 Å². The minimum Gasteiger partial charge on any atom is -0.290 e. The SMILES string of the molecule is Cc1ccc2c(c1)CCN(CC(F)(F)F)C2. The first-order valence-corrected chi connectivity index (χ1v) is 5.31. The molecule has 1 nitrogen and oxygen atoms in total. The van der Waals surface area contributed by atoms with E-state index in [1.807, 2.05) is 19.1 Å². The molecular weight excluding hydrogens is 215 g/mol. The first-order chi connectivity index (χ1) is 7.44. The molecule has 1 heterocycles. The van der Waals surface area contributed by atoms with Crippen molar-refractivity contribution in [3.05, 3.63) is 34.9 Å². The van der Waals surface area contributed by atoms with Gasteiger partial charge < -0.3 is 0 Å². The lowest BCUT2D eigenvalue weighted by molar-refractivity contribution is -0.147. The van der Waals surface area contributed by atoms with Gasteiger partial charge in [0.05, 0.1) is 6.54 Å². The van der Waals surface area contributed by atoms with Crippen molar-refractivity contribution in [1.29, 1.82) is 0 Å². The monoisotopic (exact) mass is 229 g/mol. The Balaban J connectivity index is 2.09. The fourth-order valence-electron chi connectivity index (χ4n) is 2.13. The highest BCUT2D eigenvalue weighted by molar-refractivity contribution is 5.33. The number of nitrogens with zero attached hydrogens (tertiary/aromatic N) is 1. The van der Waals surface area contributed by atoms with Crippen LogP contribution in [0.4, 0.5) is 13.2 Å². The van der Waals surface area contributed by atoms with Gasteiger partial charge in [-0.3, -0.25) is 4.90 Å². The quantitative estimate of drug-likeness (QED) is 0.715. The van der Waals surface area contributed by atoms with Crippen molar-refractivity contribution in [2.45, 2.75) is 26.1 Å². The molecule has 0 atom stereocenters. The Hall–Kier alpha value is -1.03. The molecule has 2 rings (SSSR count). The third-order valence-corrected chi connectivity index (χ3v) is 2.86. The fraction of sp³-hybridized carbons (Fsp3) is 0.500. The van der Waals surface area contributed by atoms with Crippen LogP contribution in [0, 0.1) is 6.92 Å². The maximum Gasteiger partial charge on any atom is 0.401 e. The van der Waals surface area contributed by atoms with Crippen LogP contribution in [0.5, 0.6) is 0 Å². The van der Waals surface area contributed by atoms with Crippen molar-refractivity contribution < 1.29 is 13.2 Å². The van der Waals surface area contributed by atoms with Crippen LogP contribution in [0.15, 0.2) is 18.2 Å². The summed E-state index contributed by atoms with van der Waals surface area (Å²) < 4.78 is 36.7. The van der Waals surface area contributed by atoms with Crippen molar-refractivity contribution in [2.75, 3.05) is 13.1 Å². The Morgan fingerprint density at radius 3 is 2.69 bits per heavy atom. The average Bonchev–Trinajstić information content (AvgIpc) is 2.16. The highest BCUT2D eigenvalue weighted by Gasteiger charge is 2.31. The Labute approximate surface area is 92.9 Å². The standard InChI is InChI=1S/C12H14F3N/c1-9-2-3-11-7-16(8-12(13,14)15)5-4-10(11)6-9/h2-3,6H,4-5,7-8H2,1H3. The normalized spacial score (nSPS) is 17.2. The maximum absolute atomic E-state index is 12.2. The number of hydrogen-bond acceptors (Lipinski definition) is 1. The Bertz CT molecular complexity index is 384. The molecule has 0 fully saturated rings. The van der Waals surface area contributed by atoms with Crippen LogP contribution in [0.1, 0.15) is 16.7 Å². The molecule has 1 aromatic carbocycles. The highest BCUT2D eigenvalue weighted by atomic mass is 19.4. The van der Waals surface area contributed by atoms with Crippen molar-refractivity contribution in [3.63, 3.8) is 0 Å². The minimum absolute atomic E-state index is 0.412. The lowest BCUT2D eigenvalue weighted by atomic mass is 9.98. The van der Waals surface area contributed by atoms with E-state index in [1.54, 1.807) is 0 Å². The van der Waals surface area contributed by atoms with Gasteiger partial charge >= 0.3 is 6.18 Å². The topological polar surface area (TPSA) is 3.24 Å². The summed E-state index contributed by atoms with van der Waals surface area (Å²) in [4.78, 5) is 1.46. The molecule has 16 heavy (non-hydrogen) atoms. The molecule has 0 radical (unpaired) electrons. The van der Waals surface area contributed by atoms with E-state index in [2.05, 4.69) is 6.07 Å². The van der Waals surface area contributed by atoms with Gasteiger partial charge in [0, 0.05) is 13.1 Å². The van der Waals surface area contributed by atoms with E-state index in [4.69, 9.17) is 0 Å². The van der Waals surface area contributed by atoms with Crippen LogP contribution in [-0.2, 0) is 13.0 Å². The number of aryl methyl sites for hydroxylation is 1. The van der Waals surface area contributed by atoms with Gasteiger partial charge in [0.25, 0.3) is 0 Å². The van der Waals surface area contributed by atoms with Gasteiger partial charge in [0.2, 0.25) is 0 Å². The number of fused-ring (bicyclic) bond motifs is 1. The van der Waals surface area contributed by atoms with Gasteiger partial charge in [0.1, 0.15) is 0 Å². The summed E-state index contributed by atoms with van der Waals surface area (Å²) >= 11 is 0. The molecule has 0 saturated heterocycles. The molecule has 0 amide bonds. The van der Waals surface area contributed by atoms with E-state index >= 15 is 0 Å². The van der Waals surface area contributed by atoms with Gasteiger partial charge in [-0.15, -0.1) is 0 Å². The average molecular weight is 229 g/mol. The van der Waals surface area contributed by atoms with Gasteiger partial charge in [0.15, 0.2) is 0 Å². The Morgan fingerprint density at radius 2 is 2.00 bits per heavy atom. The lowest BCUT2D eigenvalue weighted by Crippen LogP contribution is -2.37. The molecule has 0 saturated carbocycles. The molecule has 0 aromatic heterocycles. The number of hydrogen-bond donors (Lipinski definition) is 0. The van der Waals surface area contributed by atoms with Crippen LogP contribution in [-0.4, -0.2) is 24.2 Å². The largest absolute Gasteiger partial charge is 0.401 e. The summed E-state index contributed by atoms with van der Waals surface area (Å²) in [6, 6.07) is 5.96. The second-order valence-corrected chi connectivity index (χ2v) is 4.35. The zero-order chi connectivity index (χ0) is 11.8. The van der Waals surface area contributed by atoms with Crippen LogP contribution < -0.4 is 0 Å². The third kappa shape index (κ3) is 2.76. The van der Waals surface area contributed by atoms with Crippen LogP contribution >= 0.6 is 0 Å². The maximum atomic E-state index is 12.2. The lowest BCUT2D eigenvalue weighted by Gasteiger charge is -2.29. The smallest absolute Gasteiger partial charge is 0.290 e. The molecular formula is C12H14F3N. The molecule has 1 aromatic rings. The van der Waals surface area contributed by atoms with Crippen molar-refractivity contribution in [1.82, 2.24) is 4.90 Å². The summed E-state index contributed by atoms with van der Waals surface area (Å²) in [7, 11) is 0. The van der Waals surface area contributed by atoms with Crippen LogP contribution in [0.25, 0.3) is 0 Å². The summed E-state index contributed by atoms with van der Waals surface area (Å²) in [6.07, 6.45) is -3.38. The van der Waals surface area contributed by atoms with Crippen molar-refractivity contribution in [3.8, 4) is 0 Å². The molecule has 1 aliphatic rings. The minimum atomic E-state index is -4.10. The number of rotatable bonds is 1. The predicted molar refractivity (Wildman–Crippen MR) is 56.2 cm³/mol. The predicted octanol–water partition coefficient (Wildman–Crippen LogP) is 2.92. The zero-order valence-corrected chi connectivity index (χ0v) is 9.14. The second-order valence-electron chi connectivity index (χ2n) is 4.35. The van der Waals surface area contributed by atoms with Gasteiger partial charge in [-0.2, -0.15) is 13.2 Å². The first-order valence-electron chi connectivity index (χ1n) is 5.31. The number of alkyl halides is 3.